The summed E-state index contributed by atoms with van der Waals surface area (Å²) < 4.78 is 5.77. The van der Waals surface area contributed by atoms with Gasteiger partial charge in [-0.2, -0.15) is 0 Å². The Kier molecular flexibility index (Phi) is 5.42. The molecule has 1 aliphatic heterocycles. The van der Waals surface area contributed by atoms with Gasteiger partial charge in [0.05, 0.1) is 5.69 Å². The van der Waals surface area contributed by atoms with E-state index in [0.29, 0.717) is 27.7 Å². The zero-order valence-electron chi connectivity index (χ0n) is 15.9. The van der Waals surface area contributed by atoms with Gasteiger partial charge in [0.15, 0.2) is 11.4 Å². The van der Waals surface area contributed by atoms with E-state index in [1.165, 1.54) is 11.8 Å². The van der Waals surface area contributed by atoms with Gasteiger partial charge in [0.25, 0.3) is 5.91 Å². The van der Waals surface area contributed by atoms with Crippen LogP contribution in [0.3, 0.4) is 0 Å². The van der Waals surface area contributed by atoms with Gasteiger partial charge in [-0.15, -0.1) is 0 Å². The highest BCUT2D eigenvalue weighted by Crippen LogP contribution is 2.39. The molecule has 6 nitrogen and oxygen atoms in total. The predicted molar refractivity (Wildman–Crippen MR) is 108 cm³/mol. The molecule has 0 aromatic heterocycles. The van der Waals surface area contributed by atoms with E-state index < -0.39 is 5.60 Å². The Hall–Kier alpha value is -2.86. The Bertz CT molecular complexity index is 938. The number of Topliss-reactive ketones (excluding diaryl/α,β-unsaturated/α-hetero) is 1. The molecule has 2 aromatic rings. The van der Waals surface area contributed by atoms with Crippen LogP contribution < -0.4 is 15.0 Å². The molecule has 1 N–H and O–H groups in total. The molecule has 0 saturated heterocycles. The van der Waals surface area contributed by atoms with Gasteiger partial charge < -0.3 is 15.0 Å². The van der Waals surface area contributed by atoms with Crippen molar-refractivity contribution in [3.05, 3.63) is 53.1 Å². The van der Waals surface area contributed by atoms with Crippen LogP contribution in [0.15, 0.2) is 42.5 Å². The molecule has 146 valence electrons. The lowest BCUT2D eigenvalue weighted by atomic mass is 10.0. The quantitative estimate of drug-likeness (QED) is 0.767. The van der Waals surface area contributed by atoms with E-state index in [0.717, 1.165) is 0 Å². The standard InChI is InChI=1S/C21H21ClN2O4/c1-13(25)14-4-7-16(8-5-14)23-19(26)10-11-24-17-12-15(22)6-9-18(17)28-21(2,3)20(24)27/h4-9,12H,10-11H2,1-3H3,(H,23,26). The van der Waals surface area contributed by atoms with E-state index in [4.69, 9.17) is 16.3 Å². The molecular formula is C21H21ClN2O4. The molecule has 2 aromatic carbocycles. The van der Waals surface area contributed by atoms with Gasteiger partial charge in [-0.1, -0.05) is 11.6 Å². The van der Waals surface area contributed by atoms with Crippen molar-refractivity contribution in [1.82, 2.24) is 0 Å². The average molecular weight is 401 g/mol. The van der Waals surface area contributed by atoms with Crippen molar-refractivity contribution in [3.63, 3.8) is 0 Å². The smallest absolute Gasteiger partial charge is 0.270 e. The number of anilines is 2. The Balaban J connectivity index is 1.70. The maximum atomic E-state index is 12.8. The van der Waals surface area contributed by atoms with Crippen LogP contribution in [0.4, 0.5) is 11.4 Å². The predicted octanol–water partition coefficient (Wildman–Crippen LogP) is 4.08. The number of fused-ring (bicyclic) bond motifs is 1. The lowest BCUT2D eigenvalue weighted by Gasteiger charge is -2.38. The summed E-state index contributed by atoms with van der Waals surface area (Å²) in [5, 5.41) is 3.25. The minimum Gasteiger partial charge on any atom is -0.476 e. The number of rotatable bonds is 5. The number of halogens is 1. The van der Waals surface area contributed by atoms with Crippen molar-refractivity contribution in [2.75, 3.05) is 16.8 Å². The van der Waals surface area contributed by atoms with Gasteiger partial charge in [0.1, 0.15) is 5.75 Å². The molecular weight excluding hydrogens is 380 g/mol. The zero-order valence-corrected chi connectivity index (χ0v) is 16.7. The number of benzene rings is 2. The normalized spacial score (nSPS) is 14.9. The van der Waals surface area contributed by atoms with Crippen LogP contribution in [0.1, 0.15) is 37.6 Å². The molecule has 0 fully saturated rings. The third kappa shape index (κ3) is 4.17. The Labute approximate surface area is 168 Å². The third-order valence-electron chi connectivity index (χ3n) is 4.47. The van der Waals surface area contributed by atoms with Gasteiger partial charge in [-0.25, -0.2) is 0 Å². The summed E-state index contributed by atoms with van der Waals surface area (Å²) >= 11 is 6.07. The largest absolute Gasteiger partial charge is 0.476 e. The molecule has 0 unspecified atom stereocenters. The molecule has 0 spiro atoms. The fraction of sp³-hybridized carbons (Fsp3) is 0.286. The van der Waals surface area contributed by atoms with Crippen molar-refractivity contribution in [2.24, 2.45) is 0 Å². The van der Waals surface area contributed by atoms with E-state index in [1.54, 1.807) is 56.3 Å². The first-order chi connectivity index (χ1) is 13.2. The highest BCUT2D eigenvalue weighted by atomic mass is 35.5. The number of nitrogens with one attached hydrogen (secondary N) is 1. The lowest BCUT2D eigenvalue weighted by Crippen LogP contribution is -2.53. The van der Waals surface area contributed by atoms with E-state index in [2.05, 4.69) is 5.32 Å². The summed E-state index contributed by atoms with van der Waals surface area (Å²) in [6.45, 7) is 5.06. The van der Waals surface area contributed by atoms with Gasteiger partial charge >= 0.3 is 0 Å². The van der Waals surface area contributed by atoms with Crippen molar-refractivity contribution in [2.45, 2.75) is 32.8 Å². The minimum absolute atomic E-state index is 0.0383. The average Bonchev–Trinajstić information content (AvgIpc) is 2.63. The summed E-state index contributed by atoms with van der Waals surface area (Å²) in [6, 6.07) is 11.7. The Morgan fingerprint density at radius 1 is 1.14 bits per heavy atom. The van der Waals surface area contributed by atoms with Gasteiger partial charge in [-0.3, -0.25) is 14.4 Å². The fourth-order valence-corrected chi connectivity index (χ4v) is 3.15. The maximum absolute atomic E-state index is 12.8. The number of ketones is 1. The SMILES string of the molecule is CC(=O)c1ccc(NC(=O)CCN2C(=O)C(C)(C)Oc3ccc(Cl)cc32)cc1. The summed E-state index contributed by atoms with van der Waals surface area (Å²) in [5.74, 6) is 0.0370. The highest BCUT2D eigenvalue weighted by molar-refractivity contribution is 6.31. The summed E-state index contributed by atoms with van der Waals surface area (Å²) in [6.07, 6.45) is 0.0994. The van der Waals surface area contributed by atoms with Crippen molar-refractivity contribution in [3.8, 4) is 5.75 Å². The molecule has 0 aliphatic carbocycles. The topological polar surface area (TPSA) is 75.7 Å². The number of hydrogen-bond donors (Lipinski definition) is 1. The Morgan fingerprint density at radius 2 is 1.82 bits per heavy atom. The van der Waals surface area contributed by atoms with Crippen LogP contribution in [0, 0.1) is 0 Å². The molecule has 0 bridgehead atoms. The van der Waals surface area contributed by atoms with Gasteiger partial charge in [-0.05, 0) is 63.2 Å². The second-order valence-electron chi connectivity index (χ2n) is 7.11. The number of carbonyl (C=O) groups is 3. The molecule has 1 heterocycles. The zero-order chi connectivity index (χ0) is 20.5. The number of hydrogen-bond acceptors (Lipinski definition) is 4. The monoisotopic (exact) mass is 400 g/mol. The molecule has 28 heavy (non-hydrogen) atoms. The van der Waals surface area contributed by atoms with Crippen molar-refractivity contribution in [1.29, 1.82) is 0 Å². The fourth-order valence-electron chi connectivity index (χ4n) is 2.99. The van der Waals surface area contributed by atoms with Crippen molar-refractivity contribution >= 4 is 40.6 Å². The second kappa shape index (κ2) is 7.64. The molecule has 0 radical (unpaired) electrons. The summed E-state index contributed by atoms with van der Waals surface area (Å²) in [5.41, 5.74) is 0.690. The number of nitrogens with zero attached hydrogens (tertiary/aromatic N) is 1. The van der Waals surface area contributed by atoms with Crippen LogP contribution in [-0.4, -0.2) is 29.7 Å². The van der Waals surface area contributed by atoms with Crippen LogP contribution in [0.2, 0.25) is 5.02 Å². The minimum atomic E-state index is -1.03. The first kappa shape index (κ1) is 19.9. The van der Waals surface area contributed by atoms with E-state index >= 15 is 0 Å². The van der Waals surface area contributed by atoms with E-state index in [9.17, 15) is 14.4 Å². The Morgan fingerprint density at radius 3 is 2.46 bits per heavy atom. The molecule has 0 atom stereocenters. The van der Waals surface area contributed by atoms with Crippen LogP contribution in [-0.2, 0) is 9.59 Å². The van der Waals surface area contributed by atoms with Gasteiger partial charge in [0.2, 0.25) is 5.91 Å². The highest BCUT2D eigenvalue weighted by Gasteiger charge is 2.40. The maximum Gasteiger partial charge on any atom is 0.270 e. The lowest BCUT2D eigenvalue weighted by molar-refractivity contribution is -0.132. The number of carbonyl (C=O) groups excluding carboxylic acids is 3. The second-order valence-corrected chi connectivity index (χ2v) is 7.55. The first-order valence-electron chi connectivity index (χ1n) is 8.89. The number of amides is 2. The molecule has 3 rings (SSSR count). The summed E-state index contributed by atoms with van der Waals surface area (Å²) in [7, 11) is 0. The molecule has 2 amide bonds. The molecule has 1 aliphatic rings. The van der Waals surface area contributed by atoms with Gasteiger partial charge in [0, 0.05) is 29.2 Å². The van der Waals surface area contributed by atoms with Crippen LogP contribution >= 0.6 is 11.6 Å². The van der Waals surface area contributed by atoms with Crippen LogP contribution in [0.5, 0.6) is 5.75 Å². The van der Waals surface area contributed by atoms with Crippen LogP contribution in [0.25, 0.3) is 0 Å². The summed E-state index contributed by atoms with van der Waals surface area (Å²) in [4.78, 5) is 38.0. The molecule has 7 heteroatoms. The molecule has 0 saturated carbocycles. The first-order valence-corrected chi connectivity index (χ1v) is 9.26. The van der Waals surface area contributed by atoms with E-state index in [1.807, 2.05) is 0 Å². The van der Waals surface area contributed by atoms with E-state index in [-0.39, 0.29) is 30.6 Å². The number of ether oxygens (including phenoxy) is 1. The third-order valence-corrected chi connectivity index (χ3v) is 4.71. The van der Waals surface area contributed by atoms with Crippen molar-refractivity contribution < 1.29 is 19.1 Å².